The van der Waals surface area contributed by atoms with E-state index in [9.17, 15) is 9.59 Å². The molecule has 10 heteroatoms. The van der Waals surface area contributed by atoms with E-state index in [2.05, 4.69) is 10.5 Å². The molecular formula is C25H24IN3O6. The van der Waals surface area contributed by atoms with Crippen LogP contribution >= 0.6 is 22.6 Å². The maximum absolute atomic E-state index is 12.6. The van der Waals surface area contributed by atoms with Crippen LogP contribution in [0.1, 0.15) is 21.5 Å². The molecule has 0 aliphatic rings. The quantitative estimate of drug-likeness (QED) is 0.201. The summed E-state index contributed by atoms with van der Waals surface area (Å²) in [5.74, 6) is 0.748. The average Bonchev–Trinajstić information content (AvgIpc) is 2.86. The molecule has 2 amide bonds. The Labute approximate surface area is 216 Å². The first kappa shape index (κ1) is 25.8. The lowest BCUT2D eigenvalue weighted by Crippen LogP contribution is -2.20. The minimum Gasteiger partial charge on any atom is -0.493 e. The van der Waals surface area contributed by atoms with Crippen LogP contribution < -0.4 is 30.1 Å². The number of amides is 2. The molecule has 0 atom stereocenters. The van der Waals surface area contributed by atoms with Gasteiger partial charge < -0.3 is 24.7 Å². The maximum atomic E-state index is 12.6. The standard InChI is InChI=1S/C25H24IN3O6/c1-32-21-12-18(8-9-20(21)34-14-16-6-4-3-5-7-16)25(31)29-28-13-17-10-19(26)24(22(11-17)33-2)35-15-23(27)30/h3-13H,14-15H2,1-2H3,(H2,27,30)(H,29,31)/b28-13+. The Kier molecular flexibility index (Phi) is 9.30. The summed E-state index contributed by atoms with van der Waals surface area (Å²) in [5, 5.41) is 4.02. The molecule has 3 aromatic rings. The second-order valence-corrected chi connectivity index (χ2v) is 8.29. The number of carbonyl (C=O) groups excluding carboxylic acids is 2. The fraction of sp³-hybridized carbons (Fsp3) is 0.160. The van der Waals surface area contributed by atoms with Crippen molar-refractivity contribution >= 4 is 40.6 Å². The number of halogens is 1. The van der Waals surface area contributed by atoms with E-state index >= 15 is 0 Å². The van der Waals surface area contributed by atoms with Crippen molar-refractivity contribution in [2.45, 2.75) is 6.61 Å². The Morgan fingerprint density at radius 2 is 1.71 bits per heavy atom. The number of ether oxygens (including phenoxy) is 4. The zero-order valence-electron chi connectivity index (χ0n) is 19.1. The molecule has 0 heterocycles. The number of hydrogen-bond acceptors (Lipinski definition) is 7. The second kappa shape index (κ2) is 12.6. The van der Waals surface area contributed by atoms with Crippen molar-refractivity contribution in [3.63, 3.8) is 0 Å². The van der Waals surface area contributed by atoms with Crippen LogP contribution in [0.15, 0.2) is 65.8 Å². The molecule has 9 nitrogen and oxygen atoms in total. The Morgan fingerprint density at radius 3 is 2.40 bits per heavy atom. The smallest absolute Gasteiger partial charge is 0.271 e. The number of benzene rings is 3. The van der Waals surface area contributed by atoms with Gasteiger partial charge in [0.1, 0.15) is 6.61 Å². The first-order valence-electron chi connectivity index (χ1n) is 10.4. The van der Waals surface area contributed by atoms with Gasteiger partial charge in [-0.2, -0.15) is 5.10 Å². The van der Waals surface area contributed by atoms with Crippen LogP contribution in [0.25, 0.3) is 0 Å². The summed E-state index contributed by atoms with van der Waals surface area (Å²) >= 11 is 2.05. The average molecular weight is 589 g/mol. The zero-order chi connectivity index (χ0) is 25.2. The third-order valence-corrected chi connectivity index (χ3v) is 5.45. The number of methoxy groups -OCH3 is 2. The fourth-order valence-corrected chi connectivity index (χ4v) is 3.77. The molecule has 0 aliphatic heterocycles. The highest BCUT2D eigenvalue weighted by Crippen LogP contribution is 2.33. The number of rotatable bonds is 11. The predicted molar refractivity (Wildman–Crippen MR) is 139 cm³/mol. The minimum atomic E-state index is -0.594. The summed E-state index contributed by atoms with van der Waals surface area (Å²) in [4.78, 5) is 23.6. The number of nitrogens with one attached hydrogen (secondary N) is 1. The van der Waals surface area contributed by atoms with Crippen molar-refractivity contribution in [2.75, 3.05) is 20.8 Å². The first-order valence-corrected chi connectivity index (χ1v) is 11.5. The Balaban J connectivity index is 1.65. The van der Waals surface area contributed by atoms with Crippen molar-refractivity contribution in [3.05, 3.63) is 80.9 Å². The third kappa shape index (κ3) is 7.34. The number of hydrazone groups is 1. The van der Waals surface area contributed by atoms with Gasteiger partial charge in [-0.15, -0.1) is 0 Å². The molecule has 0 bridgehead atoms. The molecule has 0 spiro atoms. The normalized spacial score (nSPS) is 10.6. The molecule has 0 saturated carbocycles. The van der Waals surface area contributed by atoms with Crippen LogP contribution in [0.2, 0.25) is 0 Å². The molecule has 182 valence electrons. The lowest BCUT2D eigenvalue weighted by molar-refractivity contribution is -0.119. The van der Waals surface area contributed by atoms with E-state index in [1.807, 2.05) is 52.9 Å². The van der Waals surface area contributed by atoms with E-state index in [1.165, 1.54) is 20.4 Å². The minimum absolute atomic E-state index is 0.268. The Hall–Kier alpha value is -3.80. The number of hydrogen-bond donors (Lipinski definition) is 2. The summed E-state index contributed by atoms with van der Waals surface area (Å²) in [6, 6.07) is 18.1. The van der Waals surface area contributed by atoms with Crippen LogP contribution in [-0.4, -0.2) is 38.9 Å². The molecule has 3 rings (SSSR count). The Bertz CT molecular complexity index is 1220. The summed E-state index contributed by atoms with van der Waals surface area (Å²) < 4.78 is 22.6. The molecule has 0 aromatic heterocycles. The summed E-state index contributed by atoms with van der Waals surface area (Å²) in [6.07, 6.45) is 1.47. The highest BCUT2D eigenvalue weighted by Gasteiger charge is 2.13. The van der Waals surface area contributed by atoms with Crippen LogP contribution in [-0.2, 0) is 11.4 Å². The van der Waals surface area contributed by atoms with Gasteiger partial charge in [-0.3, -0.25) is 9.59 Å². The zero-order valence-corrected chi connectivity index (χ0v) is 21.3. The van der Waals surface area contributed by atoms with Crippen molar-refractivity contribution in [2.24, 2.45) is 10.8 Å². The molecule has 0 aliphatic carbocycles. The van der Waals surface area contributed by atoms with Gasteiger partial charge in [0.05, 0.1) is 24.0 Å². The number of nitrogens with zero attached hydrogens (tertiary/aromatic N) is 1. The van der Waals surface area contributed by atoms with Gasteiger partial charge in [0.15, 0.2) is 29.6 Å². The predicted octanol–water partition coefficient (Wildman–Crippen LogP) is 3.52. The third-order valence-electron chi connectivity index (χ3n) is 4.65. The highest BCUT2D eigenvalue weighted by molar-refractivity contribution is 14.1. The van der Waals surface area contributed by atoms with Gasteiger partial charge in [0, 0.05) is 5.56 Å². The van der Waals surface area contributed by atoms with Crippen molar-refractivity contribution in [1.82, 2.24) is 5.43 Å². The molecule has 0 radical (unpaired) electrons. The number of nitrogens with two attached hydrogens (primary N) is 1. The number of carbonyl (C=O) groups is 2. The van der Waals surface area contributed by atoms with E-state index < -0.39 is 11.8 Å². The molecule has 3 N–H and O–H groups in total. The fourth-order valence-electron chi connectivity index (χ4n) is 2.99. The van der Waals surface area contributed by atoms with Crippen molar-refractivity contribution < 1.29 is 28.5 Å². The monoisotopic (exact) mass is 589 g/mol. The molecule has 0 saturated heterocycles. The van der Waals surface area contributed by atoms with Crippen molar-refractivity contribution in [1.29, 1.82) is 0 Å². The van der Waals surface area contributed by atoms with Crippen LogP contribution in [0.3, 0.4) is 0 Å². The number of primary amides is 1. The molecule has 0 unspecified atom stereocenters. The van der Waals surface area contributed by atoms with Gasteiger partial charge in [-0.25, -0.2) is 5.43 Å². The summed E-state index contributed by atoms with van der Waals surface area (Å²) in [6.45, 7) is 0.108. The maximum Gasteiger partial charge on any atom is 0.271 e. The lowest BCUT2D eigenvalue weighted by atomic mass is 10.2. The van der Waals surface area contributed by atoms with Crippen LogP contribution in [0.4, 0.5) is 0 Å². The summed E-state index contributed by atoms with van der Waals surface area (Å²) in [5.41, 5.74) is 9.65. The van der Waals surface area contributed by atoms with Gasteiger partial charge in [0.25, 0.3) is 11.8 Å². The van der Waals surface area contributed by atoms with E-state index in [0.717, 1.165) is 5.56 Å². The van der Waals surface area contributed by atoms with E-state index in [1.54, 1.807) is 30.3 Å². The molecular weight excluding hydrogens is 565 g/mol. The van der Waals surface area contributed by atoms with Gasteiger partial charge >= 0.3 is 0 Å². The molecule has 3 aromatic carbocycles. The lowest BCUT2D eigenvalue weighted by Gasteiger charge is -2.12. The van der Waals surface area contributed by atoms with Gasteiger partial charge in [-0.05, 0) is 64.0 Å². The summed E-state index contributed by atoms with van der Waals surface area (Å²) in [7, 11) is 2.99. The Morgan fingerprint density at radius 1 is 0.971 bits per heavy atom. The molecule has 35 heavy (non-hydrogen) atoms. The van der Waals surface area contributed by atoms with Crippen LogP contribution in [0.5, 0.6) is 23.0 Å². The second-order valence-electron chi connectivity index (χ2n) is 7.13. The van der Waals surface area contributed by atoms with Gasteiger partial charge in [-0.1, -0.05) is 30.3 Å². The van der Waals surface area contributed by atoms with Gasteiger partial charge in [0.2, 0.25) is 0 Å². The highest BCUT2D eigenvalue weighted by atomic mass is 127. The van der Waals surface area contributed by atoms with E-state index in [0.29, 0.717) is 44.3 Å². The van der Waals surface area contributed by atoms with E-state index in [-0.39, 0.29) is 6.61 Å². The van der Waals surface area contributed by atoms with Crippen LogP contribution in [0, 0.1) is 3.57 Å². The largest absolute Gasteiger partial charge is 0.493 e. The van der Waals surface area contributed by atoms with Crippen molar-refractivity contribution in [3.8, 4) is 23.0 Å². The molecule has 0 fully saturated rings. The first-order chi connectivity index (χ1) is 16.9. The topological polar surface area (TPSA) is 121 Å². The SMILES string of the molecule is COc1cc(C(=O)N/N=C/c2cc(I)c(OCC(N)=O)c(OC)c2)ccc1OCc1ccccc1. The van der Waals surface area contributed by atoms with E-state index in [4.69, 9.17) is 24.7 Å².